The second-order valence-electron chi connectivity index (χ2n) is 4.58. The highest BCUT2D eigenvalue weighted by Crippen LogP contribution is 2.31. The van der Waals surface area contributed by atoms with Gasteiger partial charge >= 0.3 is 0 Å². The van der Waals surface area contributed by atoms with Crippen LogP contribution in [0.3, 0.4) is 0 Å². The summed E-state index contributed by atoms with van der Waals surface area (Å²) in [4.78, 5) is 1.22. The lowest BCUT2D eigenvalue weighted by Gasteiger charge is -2.19. The number of halogens is 2. The highest BCUT2D eigenvalue weighted by molar-refractivity contribution is 9.10. The molecule has 0 bridgehead atoms. The van der Waals surface area contributed by atoms with E-state index in [0.717, 1.165) is 21.4 Å². The maximum absolute atomic E-state index is 13.2. The lowest BCUT2D eigenvalue weighted by molar-refractivity contribution is 0.617. The van der Waals surface area contributed by atoms with Crippen molar-refractivity contribution in [2.75, 3.05) is 12.8 Å². The van der Waals surface area contributed by atoms with Crippen molar-refractivity contribution in [1.82, 2.24) is 5.32 Å². The summed E-state index contributed by atoms with van der Waals surface area (Å²) in [6, 6.07) is 13.4. The fraction of sp³-hybridized carbons (Fsp3) is 0.250. The fourth-order valence-corrected chi connectivity index (χ4v) is 3.79. The van der Waals surface area contributed by atoms with Gasteiger partial charge < -0.3 is 5.32 Å². The molecule has 20 heavy (non-hydrogen) atoms. The molecule has 106 valence electrons. The van der Waals surface area contributed by atoms with Crippen molar-refractivity contribution in [3.63, 3.8) is 0 Å². The first-order valence-electron chi connectivity index (χ1n) is 6.42. The van der Waals surface area contributed by atoms with E-state index in [9.17, 15) is 4.39 Å². The summed E-state index contributed by atoms with van der Waals surface area (Å²) in [5.74, 6) is 0.713. The second kappa shape index (κ2) is 7.25. The van der Waals surface area contributed by atoms with Crippen molar-refractivity contribution in [3.05, 3.63) is 63.9 Å². The van der Waals surface area contributed by atoms with Gasteiger partial charge in [-0.1, -0.05) is 18.2 Å². The van der Waals surface area contributed by atoms with Gasteiger partial charge in [-0.3, -0.25) is 0 Å². The van der Waals surface area contributed by atoms with Crippen molar-refractivity contribution in [2.24, 2.45) is 0 Å². The number of benzene rings is 2. The first-order valence-corrected chi connectivity index (χ1v) is 8.20. The van der Waals surface area contributed by atoms with Crippen LogP contribution in [0.1, 0.15) is 17.2 Å². The smallest absolute Gasteiger partial charge is 0.123 e. The molecule has 1 N–H and O–H groups in total. The third-order valence-electron chi connectivity index (χ3n) is 3.20. The number of hydrogen-bond acceptors (Lipinski definition) is 2. The Hall–Kier alpha value is -0.840. The monoisotopic (exact) mass is 353 g/mol. The largest absolute Gasteiger partial charge is 0.312 e. The minimum atomic E-state index is -0.181. The molecular formula is C16H17BrFNS. The molecule has 1 unspecified atom stereocenters. The molecule has 0 aliphatic rings. The fourth-order valence-electron chi connectivity index (χ4n) is 2.09. The molecule has 0 aliphatic carbocycles. The molecule has 2 aromatic carbocycles. The molecule has 0 saturated carbocycles. The molecule has 2 aromatic rings. The maximum atomic E-state index is 13.2. The van der Waals surface area contributed by atoms with Gasteiger partial charge in [0, 0.05) is 21.2 Å². The van der Waals surface area contributed by atoms with Gasteiger partial charge in [0.1, 0.15) is 5.82 Å². The topological polar surface area (TPSA) is 12.0 Å². The highest BCUT2D eigenvalue weighted by Gasteiger charge is 2.13. The zero-order chi connectivity index (χ0) is 14.5. The van der Waals surface area contributed by atoms with Gasteiger partial charge in [0.15, 0.2) is 0 Å². The Morgan fingerprint density at radius 3 is 2.65 bits per heavy atom. The van der Waals surface area contributed by atoms with E-state index in [1.807, 2.05) is 38.2 Å². The van der Waals surface area contributed by atoms with Gasteiger partial charge in [-0.2, -0.15) is 0 Å². The van der Waals surface area contributed by atoms with Gasteiger partial charge in [-0.25, -0.2) is 4.39 Å². The van der Waals surface area contributed by atoms with E-state index in [-0.39, 0.29) is 11.9 Å². The molecule has 0 saturated heterocycles. The van der Waals surface area contributed by atoms with Crippen LogP contribution in [0, 0.1) is 12.7 Å². The first kappa shape index (κ1) is 15.5. The van der Waals surface area contributed by atoms with Crippen LogP contribution in [-0.4, -0.2) is 12.8 Å². The van der Waals surface area contributed by atoms with E-state index in [2.05, 4.69) is 27.3 Å². The van der Waals surface area contributed by atoms with Crippen molar-refractivity contribution < 1.29 is 4.39 Å². The lowest BCUT2D eigenvalue weighted by Crippen LogP contribution is -2.19. The van der Waals surface area contributed by atoms with Crippen LogP contribution in [0.2, 0.25) is 0 Å². The van der Waals surface area contributed by atoms with Gasteiger partial charge in [0.2, 0.25) is 0 Å². The Labute approximate surface area is 132 Å². The van der Waals surface area contributed by atoms with E-state index in [1.54, 1.807) is 17.8 Å². The number of hydrogen-bond donors (Lipinski definition) is 1. The molecule has 0 spiro atoms. The predicted molar refractivity (Wildman–Crippen MR) is 87.8 cm³/mol. The number of aryl methyl sites for hydroxylation is 1. The van der Waals surface area contributed by atoms with Crippen molar-refractivity contribution in [1.29, 1.82) is 0 Å². The van der Waals surface area contributed by atoms with E-state index in [1.165, 1.54) is 11.0 Å². The Bertz CT molecular complexity index is 588. The summed E-state index contributed by atoms with van der Waals surface area (Å²) >= 11 is 5.34. The molecule has 4 heteroatoms. The minimum Gasteiger partial charge on any atom is -0.312 e. The highest BCUT2D eigenvalue weighted by atomic mass is 79.9. The van der Waals surface area contributed by atoms with Crippen molar-refractivity contribution in [2.45, 2.75) is 17.9 Å². The number of nitrogens with one attached hydrogen (secondary N) is 1. The summed E-state index contributed by atoms with van der Waals surface area (Å²) < 4.78 is 14.3. The SMILES string of the molecule is CNC(CSc1ccccc1Br)c1ccc(F)cc1C. The molecule has 0 heterocycles. The third kappa shape index (κ3) is 3.84. The summed E-state index contributed by atoms with van der Waals surface area (Å²) in [5, 5.41) is 3.31. The second-order valence-corrected chi connectivity index (χ2v) is 6.50. The average Bonchev–Trinajstić information content (AvgIpc) is 2.43. The summed E-state index contributed by atoms with van der Waals surface area (Å²) in [6.45, 7) is 1.95. The van der Waals surface area contributed by atoms with Gasteiger partial charge in [0.05, 0.1) is 0 Å². The summed E-state index contributed by atoms with van der Waals surface area (Å²) in [5.41, 5.74) is 2.13. The van der Waals surface area contributed by atoms with Crippen LogP contribution in [0.5, 0.6) is 0 Å². The standard InChI is InChI=1S/C16H17BrFNS/c1-11-9-12(18)7-8-13(11)15(19-2)10-20-16-6-4-3-5-14(16)17/h3-9,15,19H,10H2,1-2H3. The predicted octanol–water partition coefficient (Wildman–Crippen LogP) is 4.95. The molecule has 1 nitrogen and oxygen atoms in total. The molecule has 0 aromatic heterocycles. The van der Waals surface area contributed by atoms with Crippen LogP contribution < -0.4 is 5.32 Å². The number of thioether (sulfide) groups is 1. The third-order valence-corrected chi connectivity index (χ3v) is 5.32. The number of rotatable bonds is 5. The molecule has 0 fully saturated rings. The van der Waals surface area contributed by atoms with Gasteiger partial charge in [-0.15, -0.1) is 11.8 Å². The molecule has 0 aliphatic heterocycles. The Kier molecular flexibility index (Phi) is 5.64. The van der Waals surface area contributed by atoms with E-state index in [4.69, 9.17) is 0 Å². The van der Waals surface area contributed by atoms with Crippen LogP contribution in [-0.2, 0) is 0 Å². The first-order chi connectivity index (χ1) is 9.61. The average molecular weight is 354 g/mol. The van der Waals surface area contributed by atoms with Crippen LogP contribution >= 0.6 is 27.7 Å². The Morgan fingerprint density at radius 2 is 2.00 bits per heavy atom. The summed E-state index contributed by atoms with van der Waals surface area (Å²) in [6.07, 6.45) is 0. The maximum Gasteiger partial charge on any atom is 0.123 e. The van der Waals surface area contributed by atoms with E-state index >= 15 is 0 Å². The zero-order valence-corrected chi connectivity index (χ0v) is 13.9. The lowest BCUT2D eigenvalue weighted by atomic mass is 10.0. The molecule has 0 amide bonds. The van der Waals surface area contributed by atoms with Gasteiger partial charge in [0.25, 0.3) is 0 Å². The van der Waals surface area contributed by atoms with E-state index in [0.29, 0.717) is 0 Å². The molecular weight excluding hydrogens is 337 g/mol. The summed E-state index contributed by atoms with van der Waals surface area (Å²) in [7, 11) is 1.94. The zero-order valence-electron chi connectivity index (χ0n) is 11.5. The van der Waals surface area contributed by atoms with Crippen LogP contribution in [0.15, 0.2) is 51.8 Å². The molecule has 1 atom stereocenters. The van der Waals surface area contributed by atoms with Gasteiger partial charge in [-0.05, 0) is 65.3 Å². The quantitative estimate of drug-likeness (QED) is 0.763. The Balaban J connectivity index is 2.11. The minimum absolute atomic E-state index is 0.181. The van der Waals surface area contributed by atoms with Crippen LogP contribution in [0.25, 0.3) is 0 Å². The normalized spacial score (nSPS) is 12.4. The van der Waals surface area contributed by atoms with E-state index < -0.39 is 0 Å². The van der Waals surface area contributed by atoms with Crippen LogP contribution in [0.4, 0.5) is 4.39 Å². The molecule has 2 rings (SSSR count). The molecule has 0 radical (unpaired) electrons. The Morgan fingerprint density at radius 1 is 1.25 bits per heavy atom. The van der Waals surface area contributed by atoms with Crippen molar-refractivity contribution >= 4 is 27.7 Å². The van der Waals surface area contributed by atoms with Crippen molar-refractivity contribution in [3.8, 4) is 0 Å².